The smallest absolute Gasteiger partial charge is 0.325 e. The Morgan fingerprint density at radius 1 is 1.04 bits per heavy atom. The predicted molar refractivity (Wildman–Crippen MR) is 94.9 cm³/mol. The van der Waals surface area contributed by atoms with Crippen molar-refractivity contribution in [3.8, 4) is 11.5 Å². The summed E-state index contributed by atoms with van der Waals surface area (Å²) >= 11 is 0. The quantitative estimate of drug-likeness (QED) is 0.863. The summed E-state index contributed by atoms with van der Waals surface area (Å²) in [5.74, 6) is 0.945. The van der Waals surface area contributed by atoms with Gasteiger partial charge in [0.05, 0.1) is 6.54 Å². The maximum absolute atomic E-state index is 13.1. The third-order valence-electron chi connectivity index (χ3n) is 4.85. The minimum atomic E-state index is -1.13. The van der Waals surface area contributed by atoms with Crippen molar-refractivity contribution in [2.75, 3.05) is 6.79 Å². The van der Waals surface area contributed by atoms with E-state index in [-0.39, 0.29) is 19.2 Å². The number of carbonyl (C=O) groups excluding carboxylic acids is 2. The van der Waals surface area contributed by atoms with Gasteiger partial charge in [0.25, 0.3) is 5.91 Å². The van der Waals surface area contributed by atoms with E-state index >= 15 is 0 Å². The number of carbonyl (C=O) groups is 2. The molecular formula is C20H20N2O4. The molecule has 1 saturated heterocycles. The molecule has 2 heterocycles. The molecule has 1 fully saturated rings. The zero-order chi connectivity index (χ0) is 18.5. The highest BCUT2D eigenvalue weighted by atomic mass is 16.7. The summed E-state index contributed by atoms with van der Waals surface area (Å²) in [4.78, 5) is 26.9. The lowest BCUT2D eigenvalue weighted by Gasteiger charge is -2.22. The van der Waals surface area contributed by atoms with Gasteiger partial charge in [-0.3, -0.25) is 9.69 Å². The van der Waals surface area contributed by atoms with E-state index in [0.29, 0.717) is 17.1 Å². The van der Waals surface area contributed by atoms with Crippen molar-refractivity contribution in [3.05, 3.63) is 58.7 Å². The number of fused-ring (bicyclic) bond motifs is 1. The molecule has 4 rings (SSSR count). The Labute approximate surface area is 151 Å². The number of imide groups is 1. The lowest BCUT2D eigenvalue weighted by Crippen LogP contribution is -2.40. The van der Waals surface area contributed by atoms with Crippen LogP contribution >= 0.6 is 0 Å². The van der Waals surface area contributed by atoms with E-state index in [1.807, 2.05) is 26.0 Å². The van der Waals surface area contributed by atoms with Gasteiger partial charge in [0.1, 0.15) is 5.54 Å². The third kappa shape index (κ3) is 2.58. The van der Waals surface area contributed by atoms with Crippen LogP contribution in [0.25, 0.3) is 0 Å². The normalized spacial score (nSPS) is 21.3. The predicted octanol–water partition coefficient (Wildman–Crippen LogP) is 3.00. The zero-order valence-corrected chi connectivity index (χ0v) is 15.0. The number of hydrogen-bond acceptors (Lipinski definition) is 4. The highest BCUT2D eigenvalue weighted by molar-refractivity contribution is 6.07. The Morgan fingerprint density at radius 2 is 1.73 bits per heavy atom. The summed E-state index contributed by atoms with van der Waals surface area (Å²) < 4.78 is 10.7. The van der Waals surface area contributed by atoms with Crippen LogP contribution in [0.2, 0.25) is 0 Å². The van der Waals surface area contributed by atoms with Gasteiger partial charge in [-0.2, -0.15) is 0 Å². The van der Waals surface area contributed by atoms with Crippen LogP contribution in [0.15, 0.2) is 36.4 Å². The van der Waals surface area contributed by atoms with Crippen molar-refractivity contribution in [2.24, 2.45) is 0 Å². The molecule has 3 amide bonds. The highest BCUT2D eigenvalue weighted by Crippen LogP contribution is 2.38. The van der Waals surface area contributed by atoms with E-state index in [4.69, 9.17) is 9.47 Å². The van der Waals surface area contributed by atoms with E-state index in [0.717, 1.165) is 16.7 Å². The van der Waals surface area contributed by atoms with Gasteiger partial charge in [-0.15, -0.1) is 0 Å². The van der Waals surface area contributed by atoms with E-state index in [1.54, 1.807) is 25.1 Å². The molecule has 0 saturated carbocycles. The molecule has 134 valence electrons. The van der Waals surface area contributed by atoms with Crippen molar-refractivity contribution in [3.63, 3.8) is 0 Å². The van der Waals surface area contributed by atoms with Crippen LogP contribution in [0.1, 0.15) is 29.2 Å². The van der Waals surface area contributed by atoms with Crippen molar-refractivity contribution >= 4 is 11.9 Å². The summed E-state index contributed by atoms with van der Waals surface area (Å²) in [5, 5.41) is 2.83. The van der Waals surface area contributed by atoms with Crippen LogP contribution in [0, 0.1) is 13.8 Å². The van der Waals surface area contributed by atoms with Crippen molar-refractivity contribution in [1.29, 1.82) is 0 Å². The highest BCUT2D eigenvalue weighted by Gasteiger charge is 2.49. The van der Waals surface area contributed by atoms with E-state index in [2.05, 4.69) is 11.4 Å². The maximum atomic E-state index is 13.1. The lowest BCUT2D eigenvalue weighted by atomic mass is 9.91. The monoisotopic (exact) mass is 352 g/mol. The lowest BCUT2D eigenvalue weighted by molar-refractivity contribution is -0.131. The van der Waals surface area contributed by atoms with Crippen LogP contribution in [-0.2, 0) is 16.9 Å². The molecule has 0 aromatic heterocycles. The summed E-state index contributed by atoms with van der Waals surface area (Å²) in [7, 11) is 0. The minimum Gasteiger partial charge on any atom is -0.454 e. The van der Waals surface area contributed by atoms with Gasteiger partial charge >= 0.3 is 6.03 Å². The van der Waals surface area contributed by atoms with Gasteiger partial charge in [-0.1, -0.05) is 35.4 Å². The Balaban J connectivity index is 1.64. The second-order valence-corrected chi connectivity index (χ2v) is 7.01. The van der Waals surface area contributed by atoms with Crippen LogP contribution in [0.3, 0.4) is 0 Å². The zero-order valence-electron chi connectivity index (χ0n) is 15.0. The standard InChI is InChI=1S/C20H20N2O4/c1-12-6-13(2)8-14(7-12)10-22-18(23)20(3,21-19(22)24)15-4-5-16-17(9-15)26-11-25-16/h4-9H,10-11H2,1-3H3,(H,21,24)/t20-/m0/s1. The summed E-state index contributed by atoms with van der Waals surface area (Å²) in [5.41, 5.74) is 2.68. The fourth-order valence-corrected chi connectivity index (χ4v) is 3.59. The molecule has 1 N–H and O–H groups in total. The molecule has 2 aromatic rings. The number of nitrogens with zero attached hydrogens (tertiary/aromatic N) is 1. The van der Waals surface area contributed by atoms with Crippen molar-refractivity contribution in [2.45, 2.75) is 32.9 Å². The number of benzene rings is 2. The topological polar surface area (TPSA) is 67.9 Å². The maximum Gasteiger partial charge on any atom is 0.325 e. The van der Waals surface area contributed by atoms with Gasteiger partial charge < -0.3 is 14.8 Å². The molecule has 0 aliphatic carbocycles. The molecule has 0 spiro atoms. The minimum absolute atomic E-state index is 0.161. The molecule has 1 atom stereocenters. The average Bonchev–Trinajstić information content (AvgIpc) is 3.12. The fraction of sp³-hybridized carbons (Fsp3) is 0.300. The van der Waals surface area contributed by atoms with Crippen LogP contribution < -0.4 is 14.8 Å². The van der Waals surface area contributed by atoms with Crippen LogP contribution in [-0.4, -0.2) is 23.6 Å². The molecular weight excluding hydrogens is 332 g/mol. The van der Waals surface area contributed by atoms with Crippen molar-refractivity contribution in [1.82, 2.24) is 10.2 Å². The van der Waals surface area contributed by atoms with E-state index in [1.165, 1.54) is 4.90 Å². The summed E-state index contributed by atoms with van der Waals surface area (Å²) in [6, 6.07) is 10.9. The number of ether oxygens (including phenoxy) is 2. The Kier molecular flexibility index (Phi) is 3.64. The number of aryl methyl sites for hydroxylation is 2. The Morgan fingerprint density at radius 3 is 2.46 bits per heavy atom. The number of nitrogens with one attached hydrogen (secondary N) is 1. The molecule has 0 bridgehead atoms. The number of hydrogen-bond donors (Lipinski definition) is 1. The molecule has 2 aliphatic rings. The van der Waals surface area contributed by atoms with Gasteiger partial charge in [0.2, 0.25) is 6.79 Å². The number of rotatable bonds is 3. The van der Waals surface area contributed by atoms with E-state index in [9.17, 15) is 9.59 Å². The summed E-state index contributed by atoms with van der Waals surface area (Å²) in [6.07, 6.45) is 0. The van der Waals surface area contributed by atoms with Gasteiger partial charge in [-0.25, -0.2) is 4.79 Å². The number of urea groups is 1. The third-order valence-corrected chi connectivity index (χ3v) is 4.85. The largest absolute Gasteiger partial charge is 0.454 e. The SMILES string of the molecule is Cc1cc(C)cc(CN2C(=O)N[C@@](C)(c3ccc4c(c3)OCO4)C2=O)c1. The van der Waals surface area contributed by atoms with Gasteiger partial charge in [0, 0.05) is 0 Å². The molecule has 6 nitrogen and oxygen atoms in total. The van der Waals surface area contributed by atoms with Crippen molar-refractivity contribution < 1.29 is 19.1 Å². The first-order valence-electron chi connectivity index (χ1n) is 8.48. The molecule has 0 radical (unpaired) electrons. The Bertz CT molecular complexity index is 904. The summed E-state index contributed by atoms with van der Waals surface area (Å²) in [6.45, 7) is 6.12. The first kappa shape index (κ1) is 16.4. The molecule has 0 unspecified atom stereocenters. The number of amides is 3. The molecule has 26 heavy (non-hydrogen) atoms. The first-order valence-corrected chi connectivity index (χ1v) is 8.48. The van der Waals surface area contributed by atoms with E-state index < -0.39 is 11.6 Å². The molecule has 2 aromatic carbocycles. The second-order valence-electron chi connectivity index (χ2n) is 7.01. The molecule has 6 heteroatoms. The van der Waals surface area contributed by atoms with Crippen LogP contribution in [0.5, 0.6) is 11.5 Å². The molecule has 2 aliphatic heterocycles. The second kappa shape index (κ2) is 5.76. The first-order chi connectivity index (χ1) is 12.4. The Hall–Kier alpha value is -3.02. The fourth-order valence-electron chi connectivity index (χ4n) is 3.59. The van der Waals surface area contributed by atoms with Gasteiger partial charge in [-0.05, 0) is 44.0 Å². The van der Waals surface area contributed by atoms with Gasteiger partial charge in [0.15, 0.2) is 11.5 Å². The van der Waals surface area contributed by atoms with Crippen LogP contribution in [0.4, 0.5) is 4.79 Å². The average molecular weight is 352 g/mol.